The lowest BCUT2D eigenvalue weighted by Gasteiger charge is -2.11. The lowest BCUT2D eigenvalue weighted by atomic mass is 10.1. The van der Waals surface area contributed by atoms with E-state index in [4.69, 9.17) is 16.3 Å². The van der Waals surface area contributed by atoms with Crippen molar-refractivity contribution in [3.63, 3.8) is 0 Å². The number of anilines is 1. The molecule has 24 heavy (non-hydrogen) atoms. The number of rotatable bonds is 4. The van der Waals surface area contributed by atoms with Crippen molar-refractivity contribution in [3.8, 4) is 17.0 Å². The summed E-state index contributed by atoms with van der Waals surface area (Å²) >= 11 is 6.20. The van der Waals surface area contributed by atoms with Gasteiger partial charge in [0.1, 0.15) is 5.75 Å². The van der Waals surface area contributed by atoms with Crippen LogP contribution < -0.4 is 10.1 Å². The monoisotopic (exact) mass is 338 g/mol. The minimum Gasteiger partial charge on any atom is -0.496 e. The molecule has 0 radical (unpaired) electrons. The summed E-state index contributed by atoms with van der Waals surface area (Å²) in [6.45, 7) is 0. The van der Waals surface area contributed by atoms with Crippen LogP contribution in [0.5, 0.6) is 5.75 Å². The molecule has 3 rings (SSSR count). The Morgan fingerprint density at radius 3 is 2.58 bits per heavy atom. The first-order valence-corrected chi connectivity index (χ1v) is 7.72. The van der Waals surface area contributed by atoms with Gasteiger partial charge in [0.25, 0.3) is 5.91 Å². The number of hydrogen-bond acceptors (Lipinski definition) is 3. The van der Waals surface area contributed by atoms with Crippen LogP contribution in [0.15, 0.2) is 66.9 Å². The average molecular weight is 339 g/mol. The lowest BCUT2D eigenvalue weighted by molar-refractivity contribution is 0.102. The second-order valence-corrected chi connectivity index (χ2v) is 5.48. The second-order valence-electron chi connectivity index (χ2n) is 5.07. The Balaban J connectivity index is 1.92. The number of pyridine rings is 1. The summed E-state index contributed by atoms with van der Waals surface area (Å²) in [4.78, 5) is 16.7. The standard InChI is InChI=1S/C19H15ClN2O2/c1-24-17-12-13(19(23)22-14-6-3-2-4-7-14)9-10-15(17)18-16(20)8-5-11-21-18/h2-12H,1H3,(H,22,23). The molecule has 5 heteroatoms. The zero-order chi connectivity index (χ0) is 16.9. The second kappa shape index (κ2) is 7.15. The van der Waals surface area contributed by atoms with Crippen molar-refractivity contribution in [2.45, 2.75) is 0 Å². The van der Waals surface area contributed by atoms with Gasteiger partial charge in [0, 0.05) is 23.0 Å². The Hall–Kier alpha value is -2.85. The predicted molar refractivity (Wildman–Crippen MR) is 95.6 cm³/mol. The third-order valence-electron chi connectivity index (χ3n) is 3.51. The molecule has 0 saturated carbocycles. The van der Waals surface area contributed by atoms with Crippen LogP contribution in [-0.2, 0) is 0 Å². The Morgan fingerprint density at radius 2 is 1.88 bits per heavy atom. The van der Waals surface area contributed by atoms with Crippen LogP contribution in [0.2, 0.25) is 5.02 Å². The molecular formula is C19H15ClN2O2. The lowest BCUT2D eigenvalue weighted by Crippen LogP contribution is -2.12. The van der Waals surface area contributed by atoms with Gasteiger partial charge in [0.15, 0.2) is 0 Å². The average Bonchev–Trinajstić information content (AvgIpc) is 2.62. The van der Waals surface area contributed by atoms with E-state index < -0.39 is 0 Å². The summed E-state index contributed by atoms with van der Waals surface area (Å²) in [7, 11) is 1.55. The maximum Gasteiger partial charge on any atom is 0.255 e. The van der Waals surface area contributed by atoms with Crippen LogP contribution in [0.3, 0.4) is 0 Å². The molecule has 0 fully saturated rings. The number of halogens is 1. The minimum atomic E-state index is -0.210. The van der Waals surface area contributed by atoms with Gasteiger partial charge in [-0.15, -0.1) is 0 Å². The highest BCUT2D eigenvalue weighted by molar-refractivity contribution is 6.33. The molecule has 4 nitrogen and oxygen atoms in total. The van der Waals surface area contributed by atoms with E-state index in [2.05, 4.69) is 10.3 Å². The van der Waals surface area contributed by atoms with Gasteiger partial charge in [-0.1, -0.05) is 29.8 Å². The van der Waals surface area contributed by atoms with Gasteiger partial charge in [-0.2, -0.15) is 0 Å². The number of carbonyl (C=O) groups is 1. The number of benzene rings is 2. The van der Waals surface area contributed by atoms with E-state index in [9.17, 15) is 4.79 Å². The van der Waals surface area contributed by atoms with Crippen molar-refractivity contribution < 1.29 is 9.53 Å². The zero-order valence-electron chi connectivity index (χ0n) is 13.0. The van der Waals surface area contributed by atoms with E-state index in [1.807, 2.05) is 30.3 Å². The maximum atomic E-state index is 12.4. The number of amides is 1. The van der Waals surface area contributed by atoms with Crippen LogP contribution >= 0.6 is 11.6 Å². The van der Waals surface area contributed by atoms with Crippen molar-refractivity contribution >= 4 is 23.2 Å². The van der Waals surface area contributed by atoms with E-state index in [-0.39, 0.29) is 5.91 Å². The van der Waals surface area contributed by atoms with Crippen molar-refractivity contribution in [2.75, 3.05) is 12.4 Å². The number of nitrogens with zero attached hydrogens (tertiary/aromatic N) is 1. The Labute approximate surface area is 145 Å². The number of aromatic nitrogens is 1. The molecule has 0 aliphatic carbocycles. The van der Waals surface area contributed by atoms with Gasteiger partial charge >= 0.3 is 0 Å². The van der Waals surface area contributed by atoms with Crippen LogP contribution in [0.25, 0.3) is 11.3 Å². The van der Waals surface area contributed by atoms with Crippen molar-refractivity contribution in [1.82, 2.24) is 4.98 Å². The number of methoxy groups -OCH3 is 1. The molecule has 0 saturated heterocycles. The molecule has 0 atom stereocenters. The molecule has 120 valence electrons. The molecule has 2 aromatic carbocycles. The van der Waals surface area contributed by atoms with E-state index >= 15 is 0 Å². The summed E-state index contributed by atoms with van der Waals surface area (Å²) in [6, 6.07) is 18.0. The minimum absolute atomic E-state index is 0.210. The van der Waals surface area contributed by atoms with Gasteiger partial charge in [0.2, 0.25) is 0 Å². The Morgan fingerprint density at radius 1 is 1.08 bits per heavy atom. The number of para-hydroxylation sites is 1. The van der Waals surface area contributed by atoms with E-state index in [1.54, 1.807) is 43.6 Å². The maximum absolute atomic E-state index is 12.4. The first-order valence-electron chi connectivity index (χ1n) is 7.34. The van der Waals surface area contributed by atoms with Gasteiger partial charge in [-0.3, -0.25) is 9.78 Å². The molecule has 0 aliphatic heterocycles. The SMILES string of the molecule is COc1cc(C(=O)Nc2ccccc2)ccc1-c1ncccc1Cl. The number of nitrogens with one attached hydrogen (secondary N) is 1. The fraction of sp³-hybridized carbons (Fsp3) is 0.0526. The van der Waals surface area contributed by atoms with Gasteiger partial charge in [0.05, 0.1) is 17.8 Å². The molecule has 0 unspecified atom stereocenters. The quantitative estimate of drug-likeness (QED) is 0.752. The Kier molecular flexibility index (Phi) is 4.77. The Bertz CT molecular complexity index is 866. The third kappa shape index (κ3) is 3.39. The summed E-state index contributed by atoms with van der Waals surface area (Å²) < 4.78 is 5.42. The summed E-state index contributed by atoms with van der Waals surface area (Å²) in [5, 5.41) is 3.37. The smallest absolute Gasteiger partial charge is 0.255 e. The molecule has 1 N–H and O–H groups in total. The highest BCUT2D eigenvalue weighted by Crippen LogP contribution is 2.33. The van der Waals surface area contributed by atoms with Gasteiger partial charge in [-0.05, 0) is 42.5 Å². The molecule has 0 bridgehead atoms. The topological polar surface area (TPSA) is 51.2 Å². The number of ether oxygens (including phenoxy) is 1. The fourth-order valence-electron chi connectivity index (χ4n) is 2.34. The summed E-state index contributed by atoms with van der Waals surface area (Å²) in [5.41, 5.74) is 2.58. The first-order chi connectivity index (χ1) is 11.7. The van der Waals surface area contributed by atoms with E-state index in [0.717, 1.165) is 11.3 Å². The van der Waals surface area contributed by atoms with Gasteiger partial charge in [-0.25, -0.2) is 0 Å². The molecular weight excluding hydrogens is 324 g/mol. The molecule has 1 heterocycles. The normalized spacial score (nSPS) is 10.2. The largest absolute Gasteiger partial charge is 0.496 e. The van der Waals surface area contributed by atoms with Gasteiger partial charge < -0.3 is 10.1 Å². The molecule has 1 amide bonds. The van der Waals surface area contributed by atoms with E-state index in [0.29, 0.717) is 22.0 Å². The number of hydrogen-bond donors (Lipinski definition) is 1. The highest BCUT2D eigenvalue weighted by Gasteiger charge is 2.14. The highest BCUT2D eigenvalue weighted by atomic mass is 35.5. The van der Waals surface area contributed by atoms with Crippen molar-refractivity contribution in [1.29, 1.82) is 0 Å². The molecule has 0 aliphatic rings. The van der Waals surface area contributed by atoms with Crippen LogP contribution in [0.4, 0.5) is 5.69 Å². The fourth-order valence-corrected chi connectivity index (χ4v) is 2.56. The van der Waals surface area contributed by atoms with Crippen molar-refractivity contribution in [3.05, 3.63) is 77.4 Å². The zero-order valence-corrected chi connectivity index (χ0v) is 13.7. The number of carbonyl (C=O) groups excluding carboxylic acids is 1. The third-order valence-corrected chi connectivity index (χ3v) is 3.81. The summed E-state index contributed by atoms with van der Waals surface area (Å²) in [5.74, 6) is 0.328. The first kappa shape index (κ1) is 16.0. The van der Waals surface area contributed by atoms with Crippen LogP contribution in [0.1, 0.15) is 10.4 Å². The molecule has 0 spiro atoms. The van der Waals surface area contributed by atoms with Crippen LogP contribution in [-0.4, -0.2) is 18.0 Å². The molecule has 3 aromatic rings. The van der Waals surface area contributed by atoms with Crippen molar-refractivity contribution in [2.24, 2.45) is 0 Å². The van der Waals surface area contributed by atoms with Crippen LogP contribution in [0, 0.1) is 0 Å². The molecule has 1 aromatic heterocycles. The summed E-state index contributed by atoms with van der Waals surface area (Å²) in [6.07, 6.45) is 1.66. The van der Waals surface area contributed by atoms with E-state index in [1.165, 1.54) is 0 Å². The predicted octanol–water partition coefficient (Wildman–Crippen LogP) is 4.66.